The van der Waals surface area contributed by atoms with E-state index >= 15 is 0 Å². The molecule has 0 saturated heterocycles. The van der Waals surface area contributed by atoms with Crippen LogP contribution in [-0.2, 0) is 24.2 Å². The number of rotatable bonds is 8. The lowest BCUT2D eigenvalue weighted by molar-refractivity contribution is -0.384. The highest BCUT2D eigenvalue weighted by Gasteiger charge is 2.16. The second kappa shape index (κ2) is 9.41. The number of pyridine rings is 1. The molecule has 142 valence electrons. The molecule has 0 N–H and O–H groups in total. The monoisotopic (exact) mass is 375 g/mol. The Morgan fingerprint density at radius 2 is 1.64 bits per heavy atom. The van der Waals surface area contributed by atoms with Gasteiger partial charge in [0.25, 0.3) is 5.69 Å². The van der Waals surface area contributed by atoms with Gasteiger partial charge < -0.3 is 4.90 Å². The summed E-state index contributed by atoms with van der Waals surface area (Å²) < 4.78 is 0. The van der Waals surface area contributed by atoms with E-state index in [1.807, 2.05) is 48.5 Å². The SMILES string of the molecule is O=C(Cc1ccc([N+](=O)[O-])cc1)N(CCc1ccccc1)Cc1ccccn1. The maximum absolute atomic E-state index is 12.9. The van der Waals surface area contributed by atoms with Crippen LogP contribution in [0.4, 0.5) is 5.69 Å². The van der Waals surface area contributed by atoms with Crippen molar-refractivity contribution >= 4 is 11.6 Å². The molecule has 0 saturated carbocycles. The molecule has 28 heavy (non-hydrogen) atoms. The van der Waals surface area contributed by atoms with Crippen molar-refractivity contribution in [3.05, 3.63) is 106 Å². The second-order valence-electron chi connectivity index (χ2n) is 6.47. The van der Waals surface area contributed by atoms with Crippen LogP contribution in [-0.4, -0.2) is 27.3 Å². The van der Waals surface area contributed by atoms with Gasteiger partial charge in [-0.25, -0.2) is 0 Å². The average Bonchev–Trinajstić information content (AvgIpc) is 2.73. The van der Waals surface area contributed by atoms with E-state index in [1.165, 1.54) is 12.1 Å². The zero-order chi connectivity index (χ0) is 19.8. The average molecular weight is 375 g/mol. The Kier molecular flexibility index (Phi) is 6.46. The summed E-state index contributed by atoms with van der Waals surface area (Å²) in [5.74, 6) is -0.0320. The molecular weight excluding hydrogens is 354 g/mol. The molecule has 0 atom stereocenters. The number of non-ortho nitro benzene ring substituents is 1. The van der Waals surface area contributed by atoms with Gasteiger partial charge in [-0.15, -0.1) is 0 Å². The van der Waals surface area contributed by atoms with E-state index in [0.717, 1.165) is 23.2 Å². The van der Waals surface area contributed by atoms with Crippen molar-refractivity contribution < 1.29 is 9.72 Å². The first kappa shape index (κ1) is 19.2. The van der Waals surface area contributed by atoms with Crippen LogP contribution in [0.15, 0.2) is 79.0 Å². The van der Waals surface area contributed by atoms with Crippen molar-refractivity contribution in [3.63, 3.8) is 0 Å². The minimum Gasteiger partial charge on any atom is -0.336 e. The molecular formula is C22H21N3O3. The quantitative estimate of drug-likeness (QED) is 0.443. The summed E-state index contributed by atoms with van der Waals surface area (Å²) in [6, 6.07) is 21.8. The fourth-order valence-electron chi connectivity index (χ4n) is 2.91. The molecule has 0 aliphatic heterocycles. The highest BCUT2D eigenvalue weighted by atomic mass is 16.6. The number of amides is 1. The molecule has 1 heterocycles. The predicted octanol–water partition coefficient (Wildman–Crippen LogP) is 3.80. The number of aromatic nitrogens is 1. The Bertz CT molecular complexity index is 913. The van der Waals surface area contributed by atoms with E-state index < -0.39 is 4.92 Å². The number of nitro benzene ring substituents is 1. The molecule has 6 heteroatoms. The first-order valence-electron chi connectivity index (χ1n) is 9.07. The number of nitro groups is 1. The Hall–Kier alpha value is -3.54. The molecule has 1 aromatic heterocycles. The molecule has 3 aromatic rings. The Labute approximate surface area is 163 Å². The zero-order valence-electron chi connectivity index (χ0n) is 15.4. The number of benzene rings is 2. The fraction of sp³-hybridized carbons (Fsp3) is 0.182. The highest BCUT2D eigenvalue weighted by Crippen LogP contribution is 2.14. The van der Waals surface area contributed by atoms with Crippen molar-refractivity contribution in [3.8, 4) is 0 Å². The van der Waals surface area contributed by atoms with E-state index in [4.69, 9.17) is 0 Å². The summed E-state index contributed by atoms with van der Waals surface area (Å²) in [7, 11) is 0. The van der Waals surface area contributed by atoms with Crippen LogP contribution in [0.5, 0.6) is 0 Å². The predicted molar refractivity (Wildman–Crippen MR) is 107 cm³/mol. The number of hydrogen-bond acceptors (Lipinski definition) is 4. The molecule has 1 amide bonds. The van der Waals surface area contributed by atoms with Crippen LogP contribution in [0.25, 0.3) is 0 Å². The summed E-state index contributed by atoms with van der Waals surface area (Å²) in [6.07, 6.45) is 2.66. The largest absolute Gasteiger partial charge is 0.336 e. The molecule has 0 bridgehead atoms. The van der Waals surface area contributed by atoms with E-state index in [-0.39, 0.29) is 18.0 Å². The van der Waals surface area contributed by atoms with E-state index in [0.29, 0.717) is 13.1 Å². The highest BCUT2D eigenvalue weighted by molar-refractivity contribution is 5.78. The lowest BCUT2D eigenvalue weighted by atomic mass is 10.1. The van der Waals surface area contributed by atoms with Crippen molar-refractivity contribution in [2.45, 2.75) is 19.4 Å². The fourth-order valence-corrected chi connectivity index (χ4v) is 2.91. The van der Waals surface area contributed by atoms with Gasteiger partial charge in [-0.3, -0.25) is 19.9 Å². The molecule has 0 unspecified atom stereocenters. The first-order valence-corrected chi connectivity index (χ1v) is 9.07. The van der Waals surface area contributed by atoms with Gasteiger partial charge in [0.05, 0.1) is 23.6 Å². The van der Waals surface area contributed by atoms with Gasteiger partial charge in [0.2, 0.25) is 5.91 Å². The molecule has 0 radical (unpaired) electrons. The van der Waals surface area contributed by atoms with Crippen LogP contribution in [0, 0.1) is 10.1 Å². The van der Waals surface area contributed by atoms with Crippen LogP contribution in [0.2, 0.25) is 0 Å². The maximum atomic E-state index is 12.9. The van der Waals surface area contributed by atoms with Gasteiger partial charge >= 0.3 is 0 Å². The third kappa shape index (κ3) is 5.48. The summed E-state index contributed by atoms with van der Waals surface area (Å²) in [6.45, 7) is 1.01. The second-order valence-corrected chi connectivity index (χ2v) is 6.47. The molecule has 6 nitrogen and oxygen atoms in total. The van der Waals surface area contributed by atoms with Crippen LogP contribution in [0.3, 0.4) is 0 Å². The standard InChI is InChI=1S/C22H21N3O3/c26-22(16-19-9-11-21(12-10-19)25(27)28)24(17-20-8-4-5-14-23-20)15-13-18-6-2-1-3-7-18/h1-12,14H,13,15-17H2. The van der Waals surface area contributed by atoms with Crippen molar-refractivity contribution in [1.82, 2.24) is 9.88 Å². The van der Waals surface area contributed by atoms with Gasteiger partial charge in [-0.05, 0) is 29.7 Å². The zero-order valence-corrected chi connectivity index (χ0v) is 15.4. The lowest BCUT2D eigenvalue weighted by Crippen LogP contribution is -2.34. The third-order valence-electron chi connectivity index (χ3n) is 4.45. The summed E-state index contributed by atoms with van der Waals surface area (Å²) in [5.41, 5.74) is 2.76. The Morgan fingerprint density at radius 1 is 0.929 bits per heavy atom. The van der Waals surface area contributed by atoms with Gasteiger partial charge in [-0.1, -0.05) is 48.5 Å². The van der Waals surface area contributed by atoms with E-state index in [2.05, 4.69) is 4.98 Å². The normalized spacial score (nSPS) is 10.4. The molecule has 0 aliphatic carbocycles. The minimum atomic E-state index is -0.446. The first-order chi connectivity index (χ1) is 13.6. The number of hydrogen-bond donors (Lipinski definition) is 0. The van der Waals surface area contributed by atoms with E-state index in [9.17, 15) is 14.9 Å². The number of nitrogens with zero attached hydrogens (tertiary/aromatic N) is 3. The summed E-state index contributed by atoms with van der Waals surface area (Å²) >= 11 is 0. The Morgan fingerprint density at radius 3 is 2.29 bits per heavy atom. The molecule has 0 spiro atoms. The van der Waals surface area contributed by atoms with Crippen molar-refractivity contribution in [2.75, 3.05) is 6.54 Å². The topological polar surface area (TPSA) is 76.3 Å². The molecule has 3 rings (SSSR count). The number of carbonyl (C=O) groups is 1. The smallest absolute Gasteiger partial charge is 0.269 e. The molecule has 0 aliphatic rings. The summed E-state index contributed by atoms with van der Waals surface area (Å²) in [5, 5.41) is 10.8. The van der Waals surface area contributed by atoms with Crippen molar-refractivity contribution in [2.24, 2.45) is 0 Å². The maximum Gasteiger partial charge on any atom is 0.269 e. The Balaban J connectivity index is 1.70. The van der Waals surface area contributed by atoms with Crippen LogP contribution in [0.1, 0.15) is 16.8 Å². The van der Waals surface area contributed by atoms with Gasteiger partial charge in [0.1, 0.15) is 0 Å². The minimum absolute atomic E-state index is 0.0191. The molecule has 2 aromatic carbocycles. The number of carbonyl (C=O) groups excluding carboxylic acids is 1. The lowest BCUT2D eigenvalue weighted by Gasteiger charge is -2.22. The van der Waals surface area contributed by atoms with Crippen LogP contribution < -0.4 is 0 Å². The van der Waals surface area contributed by atoms with Crippen molar-refractivity contribution in [1.29, 1.82) is 0 Å². The van der Waals surface area contributed by atoms with Gasteiger partial charge in [-0.2, -0.15) is 0 Å². The van der Waals surface area contributed by atoms with Gasteiger partial charge in [0, 0.05) is 24.9 Å². The van der Waals surface area contributed by atoms with Gasteiger partial charge in [0.15, 0.2) is 0 Å². The third-order valence-corrected chi connectivity index (χ3v) is 4.45. The molecule has 0 fully saturated rings. The van der Waals surface area contributed by atoms with E-state index in [1.54, 1.807) is 23.2 Å². The summed E-state index contributed by atoms with van der Waals surface area (Å²) in [4.78, 5) is 29.4. The van der Waals surface area contributed by atoms with Crippen LogP contribution >= 0.6 is 0 Å².